The van der Waals surface area contributed by atoms with Gasteiger partial charge in [-0.2, -0.15) is 0 Å². The zero-order chi connectivity index (χ0) is 15.4. The van der Waals surface area contributed by atoms with E-state index in [9.17, 15) is 10.1 Å². The van der Waals surface area contributed by atoms with Gasteiger partial charge < -0.3 is 4.74 Å². The second-order valence-electron chi connectivity index (χ2n) is 4.16. The molecule has 0 saturated carbocycles. The molecule has 0 heterocycles. The van der Waals surface area contributed by atoms with Crippen LogP contribution < -0.4 is 4.74 Å². The van der Waals surface area contributed by atoms with E-state index in [1.54, 1.807) is 30.3 Å². The zero-order valence-corrected chi connectivity index (χ0v) is 14.2. The van der Waals surface area contributed by atoms with E-state index in [1.165, 1.54) is 13.2 Å². The van der Waals surface area contributed by atoms with Crippen molar-refractivity contribution in [2.24, 2.45) is 0 Å². The van der Waals surface area contributed by atoms with Gasteiger partial charge in [0.25, 0.3) is 5.70 Å². The van der Waals surface area contributed by atoms with Crippen molar-refractivity contribution in [3.8, 4) is 5.75 Å². The maximum atomic E-state index is 11.3. The van der Waals surface area contributed by atoms with Crippen LogP contribution in [0.1, 0.15) is 11.1 Å². The van der Waals surface area contributed by atoms with Crippen molar-refractivity contribution in [1.82, 2.24) is 0 Å². The van der Waals surface area contributed by atoms with Crippen LogP contribution in [0.4, 0.5) is 0 Å². The van der Waals surface area contributed by atoms with Crippen molar-refractivity contribution in [3.63, 3.8) is 0 Å². The topological polar surface area (TPSA) is 52.4 Å². The van der Waals surface area contributed by atoms with E-state index < -0.39 is 4.92 Å². The number of rotatable bonds is 4. The van der Waals surface area contributed by atoms with Gasteiger partial charge in [0, 0.05) is 16.1 Å². The lowest BCUT2D eigenvalue weighted by Gasteiger charge is -2.08. The lowest BCUT2D eigenvalue weighted by atomic mass is 10.1. The van der Waals surface area contributed by atoms with Gasteiger partial charge in [0.2, 0.25) is 0 Å². The summed E-state index contributed by atoms with van der Waals surface area (Å²) in [5, 5.41) is 11.3. The largest absolute Gasteiger partial charge is 0.495 e. The third-order valence-electron chi connectivity index (χ3n) is 2.80. The highest BCUT2D eigenvalue weighted by Crippen LogP contribution is 2.35. The molecule has 2 aromatic carbocycles. The van der Waals surface area contributed by atoms with Crippen LogP contribution in [0.25, 0.3) is 11.8 Å². The van der Waals surface area contributed by atoms with E-state index >= 15 is 0 Å². The van der Waals surface area contributed by atoms with E-state index in [1.807, 2.05) is 12.1 Å². The van der Waals surface area contributed by atoms with E-state index in [2.05, 4.69) is 31.9 Å². The molecule has 0 saturated heterocycles. The average molecular weight is 413 g/mol. The first-order valence-electron chi connectivity index (χ1n) is 5.97. The predicted molar refractivity (Wildman–Crippen MR) is 89.7 cm³/mol. The molecule has 0 spiro atoms. The molecule has 0 aliphatic rings. The molecule has 0 N–H and O–H groups in total. The van der Waals surface area contributed by atoms with Crippen LogP contribution in [0.5, 0.6) is 5.75 Å². The Bertz CT molecular complexity index is 700. The smallest absolute Gasteiger partial charge is 0.277 e. The fourth-order valence-electron chi connectivity index (χ4n) is 1.90. The molecule has 2 aromatic rings. The van der Waals surface area contributed by atoms with Crippen molar-refractivity contribution >= 4 is 43.6 Å². The van der Waals surface area contributed by atoms with Crippen LogP contribution in [0.15, 0.2) is 51.4 Å². The monoisotopic (exact) mass is 411 g/mol. The van der Waals surface area contributed by atoms with Crippen LogP contribution in [0, 0.1) is 10.1 Å². The molecule has 0 aliphatic heterocycles. The third-order valence-corrected chi connectivity index (χ3v) is 3.85. The summed E-state index contributed by atoms with van der Waals surface area (Å²) in [7, 11) is 1.53. The summed E-state index contributed by atoms with van der Waals surface area (Å²) in [6.07, 6.45) is 1.50. The Labute approximate surface area is 138 Å². The number of halogens is 2. The standard InChI is InChI=1S/C15H11Br2NO3/c1-21-15-11(7-12(16)9-13(15)17)8-14(18(19)20)10-5-3-2-4-6-10/h2-9H,1H3. The van der Waals surface area contributed by atoms with Gasteiger partial charge in [0.15, 0.2) is 0 Å². The van der Waals surface area contributed by atoms with Gasteiger partial charge in [0.1, 0.15) is 5.75 Å². The molecule has 0 amide bonds. The van der Waals surface area contributed by atoms with Gasteiger partial charge in [-0.3, -0.25) is 10.1 Å². The Kier molecular flexibility index (Phi) is 5.14. The van der Waals surface area contributed by atoms with Gasteiger partial charge in [-0.15, -0.1) is 0 Å². The molecular formula is C15H11Br2NO3. The summed E-state index contributed by atoms with van der Waals surface area (Å²) >= 11 is 6.76. The summed E-state index contributed by atoms with van der Waals surface area (Å²) in [5.41, 5.74) is 1.17. The summed E-state index contributed by atoms with van der Waals surface area (Å²) in [6.45, 7) is 0. The summed E-state index contributed by atoms with van der Waals surface area (Å²) in [5.74, 6) is 0.550. The van der Waals surface area contributed by atoms with Crippen molar-refractivity contribution in [1.29, 1.82) is 0 Å². The molecule has 0 unspecified atom stereocenters. The SMILES string of the molecule is COc1c(Br)cc(Br)cc1C=C(c1ccccc1)[N+](=O)[O-]. The van der Waals surface area contributed by atoms with Crippen molar-refractivity contribution < 1.29 is 9.66 Å². The number of benzene rings is 2. The zero-order valence-electron chi connectivity index (χ0n) is 11.0. The molecule has 108 valence electrons. The lowest BCUT2D eigenvalue weighted by Crippen LogP contribution is -1.98. The fourth-order valence-corrected chi connectivity index (χ4v) is 3.32. The Hall–Kier alpha value is -1.66. The van der Waals surface area contributed by atoms with E-state index in [0.29, 0.717) is 16.9 Å². The highest BCUT2D eigenvalue weighted by molar-refractivity contribution is 9.11. The van der Waals surface area contributed by atoms with Crippen LogP contribution >= 0.6 is 31.9 Å². The number of ether oxygens (including phenoxy) is 1. The highest BCUT2D eigenvalue weighted by atomic mass is 79.9. The normalized spacial score (nSPS) is 11.3. The lowest BCUT2D eigenvalue weighted by molar-refractivity contribution is -0.374. The van der Waals surface area contributed by atoms with Crippen LogP contribution in [-0.4, -0.2) is 12.0 Å². The molecule has 4 nitrogen and oxygen atoms in total. The fraction of sp³-hybridized carbons (Fsp3) is 0.0667. The highest BCUT2D eigenvalue weighted by Gasteiger charge is 2.16. The first-order chi connectivity index (χ1) is 10.0. The molecular weight excluding hydrogens is 402 g/mol. The van der Waals surface area contributed by atoms with E-state index in [4.69, 9.17) is 4.74 Å². The molecule has 0 bridgehead atoms. The van der Waals surface area contributed by atoms with Crippen LogP contribution in [0.2, 0.25) is 0 Å². The minimum Gasteiger partial charge on any atom is -0.495 e. The van der Waals surface area contributed by atoms with Gasteiger partial charge >= 0.3 is 0 Å². The van der Waals surface area contributed by atoms with Crippen LogP contribution in [0.3, 0.4) is 0 Å². The molecule has 21 heavy (non-hydrogen) atoms. The number of nitrogens with zero attached hydrogens (tertiary/aromatic N) is 1. The summed E-state index contributed by atoms with van der Waals surface area (Å²) in [6, 6.07) is 12.3. The number of hydrogen-bond acceptors (Lipinski definition) is 3. The first-order valence-corrected chi connectivity index (χ1v) is 7.56. The molecule has 0 fully saturated rings. The van der Waals surface area contributed by atoms with Gasteiger partial charge in [-0.25, -0.2) is 0 Å². The number of nitro groups is 1. The molecule has 0 aliphatic carbocycles. The van der Waals surface area contributed by atoms with Gasteiger partial charge in [0.05, 0.1) is 22.1 Å². The van der Waals surface area contributed by atoms with E-state index in [0.717, 1.165) is 8.95 Å². The Morgan fingerprint density at radius 3 is 2.48 bits per heavy atom. The van der Waals surface area contributed by atoms with Gasteiger partial charge in [-0.05, 0) is 40.2 Å². The second-order valence-corrected chi connectivity index (χ2v) is 5.93. The van der Waals surface area contributed by atoms with E-state index in [-0.39, 0.29) is 5.70 Å². The summed E-state index contributed by atoms with van der Waals surface area (Å²) in [4.78, 5) is 10.9. The van der Waals surface area contributed by atoms with Crippen molar-refractivity contribution in [2.45, 2.75) is 0 Å². The minimum atomic E-state index is -0.399. The minimum absolute atomic E-state index is 0.0129. The first kappa shape index (κ1) is 15.7. The van der Waals surface area contributed by atoms with Crippen molar-refractivity contribution in [2.75, 3.05) is 7.11 Å². The number of methoxy groups -OCH3 is 1. The predicted octanol–water partition coefficient (Wildman–Crippen LogP) is 5.00. The molecule has 0 aromatic heterocycles. The second kappa shape index (κ2) is 6.87. The average Bonchev–Trinajstić information content (AvgIpc) is 2.45. The van der Waals surface area contributed by atoms with Gasteiger partial charge in [-0.1, -0.05) is 34.1 Å². The third kappa shape index (κ3) is 3.71. The van der Waals surface area contributed by atoms with Crippen molar-refractivity contribution in [3.05, 3.63) is 72.7 Å². The summed E-state index contributed by atoms with van der Waals surface area (Å²) < 4.78 is 6.84. The molecule has 6 heteroatoms. The Morgan fingerprint density at radius 2 is 1.90 bits per heavy atom. The maximum absolute atomic E-state index is 11.3. The Morgan fingerprint density at radius 1 is 1.24 bits per heavy atom. The molecule has 0 atom stereocenters. The number of hydrogen-bond donors (Lipinski definition) is 0. The maximum Gasteiger partial charge on any atom is 0.277 e. The Balaban J connectivity index is 2.62. The van der Waals surface area contributed by atoms with Crippen LogP contribution in [-0.2, 0) is 0 Å². The molecule has 0 radical (unpaired) electrons. The quantitative estimate of drug-likeness (QED) is 0.403. The molecule has 2 rings (SSSR count).